The summed E-state index contributed by atoms with van der Waals surface area (Å²) in [5.41, 5.74) is 1.59. The minimum Gasteiger partial charge on any atom is -0.340 e. The molecule has 0 radical (unpaired) electrons. The third kappa shape index (κ3) is 4.30. The smallest absolute Gasteiger partial charge is 0.240 e. The number of hydrogen-bond donors (Lipinski definition) is 1. The first-order valence-corrected chi connectivity index (χ1v) is 8.26. The predicted octanol–water partition coefficient (Wildman–Crippen LogP) is 0.374. The molecule has 1 aliphatic heterocycles. The number of carbonyl (C=O) groups excluding carboxylic acids is 1. The number of amides is 1. The second-order valence-electron chi connectivity index (χ2n) is 5.61. The van der Waals surface area contributed by atoms with Crippen molar-refractivity contribution < 1.29 is 9.32 Å². The van der Waals surface area contributed by atoms with Gasteiger partial charge < -0.3 is 4.52 Å². The Bertz CT molecular complexity index is 645. The number of aromatic nitrogens is 4. The maximum absolute atomic E-state index is 12.0. The van der Waals surface area contributed by atoms with Crippen molar-refractivity contribution >= 4 is 22.4 Å². The van der Waals surface area contributed by atoms with Crippen molar-refractivity contribution in [3.63, 3.8) is 0 Å². The van der Waals surface area contributed by atoms with Gasteiger partial charge in [0.2, 0.25) is 16.9 Å². The molecule has 1 atom stereocenters. The van der Waals surface area contributed by atoms with Gasteiger partial charge in [-0.05, 0) is 13.5 Å². The number of aryl methyl sites for hydroxylation is 1. The van der Waals surface area contributed by atoms with E-state index in [0.29, 0.717) is 36.0 Å². The quantitative estimate of drug-likeness (QED) is 0.807. The number of anilines is 1. The number of likely N-dealkylation sites (tertiary alicyclic amines) is 1. The number of likely N-dealkylation sites (N-methyl/N-ethyl adjacent to an activating group) is 1. The Kier molecular flexibility index (Phi) is 4.94. The zero-order valence-electron chi connectivity index (χ0n) is 13.1. The lowest BCUT2D eigenvalue weighted by Gasteiger charge is -2.23. The first-order valence-electron chi connectivity index (χ1n) is 7.38. The molecule has 23 heavy (non-hydrogen) atoms. The summed E-state index contributed by atoms with van der Waals surface area (Å²) in [6, 6.07) is 0.378. The number of hydrogen-bond acceptors (Lipinski definition) is 9. The van der Waals surface area contributed by atoms with E-state index in [1.807, 2.05) is 7.05 Å². The molecule has 1 aliphatic rings. The molecule has 10 heteroatoms. The fourth-order valence-electron chi connectivity index (χ4n) is 2.66. The van der Waals surface area contributed by atoms with Crippen LogP contribution in [0.4, 0.5) is 5.13 Å². The molecular formula is C13H19N7O2S. The lowest BCUT2D eigenvalue weighted by atomic mass is 10.2. The molecule has 3 heterocycles. The summed E-state index contributed by atoms with van der Waals surface area (Å²) < 4.78 is 4.99. The van der Waals surface area contributed by atoms with E-state index < -0.39 is 0 Å². The molecule has 0 unspecified atom stereocenters. The van der Waals surface area contributed by atoms with Crippen LogP contribution in [-0.2, 0) is 11.3 Å². The van der Waals surface area contributed by atoms with Gasteiger partial charge in [-0.3, -0.25) is 19.9 Å². The van der Waals surface area contributed by atoms with Crippen LogP contribution in [0.15, 0.2) is 10.0 Å². The molecule has 0 bridgehead atoms. The zero-order valence-corrected chi connectivity index (χ0v) is 13.9. The first-order chi connectivity index (χ1) is 11.1. The van der Waals surface area contributed by atoms with Crippen LogP contribution in [-0.4, -0.2) is 68.8 Å². The van der Waals surface area contributed by atoms with Crippen LogP contribution in [0.2, 0.25) is 0 Å². The minimum absolute atomic E-state index is 0.0566. The Morgan fingerprint density at radius 3 is 3.17 bits per heavy atom. The van der Waals surface area contributed by atoms with Gasteiger partial charge in [-0.25, -0.2) is 0 Å². The summed E-state index contributed by atoms with van der Waals surface area (Å²) in [5.74, 6) is 1.21. The molecule has 0 spiro atoms. The molecular weight excluding hydrogens is 318 g/mol. The Hall–Kier alpha value is -1.91. The Balaban J connectivity index is 1.45. The van der Waals surface area contributed by atoms with E-state index in [4.69, 9.17) is 4.52 Å². The maximum Gasteiger partial charge on any atom is 0.240 e. The van der Waals surface area contributed by atoms with E-state index in [9.17, 15) is 4.79 Å². The number of nitrogens with one attached hydrogen (secondary N) is 1. The van der Waals surface area contributed by atoms with Gasteiger partial charge in [0, 0.05) is 26.1 Å². The lowest BCUT2D eigenvalue weighted by Crippen LogP contribution is -2.37. The molecule has 1 fully saturated rings. The van der Waals surface area contributed by atoms with E-state index in [1.54, 1.807) is 12.4 Å². The summed E-state index contributed by atoms with van der Waals surface area (Å²) in [6.07, 6.45) is 1.01. The summed E-state index contributed by atoms with van der Waals surface area (Å²) in [4.78, 5) is 20.5. The van der Waals surface area contributed by atoms with Crippen LogP contribution in [0.1, 0.15) is 18.1 Å². The molecule has 3 rings (SSSR count). The molecule has 1 saturated heterocycles. The molecule has 0 aromatic carbocycles. The largest absolute Gasteiger partial charge is 0.340 e. The van der Waals surface area contributed by atoms with Crippen LogP contribution in [0, 0.1) is 6.92 Å². The van der Waals surface area contributed by atoms with E-state index in [2.05, 4.69) is 35.5 Å². The molecule has 1 amide bonds. The number of nitrogens with zero attached hydrogens (tertiary/aromatic N) is 6. The van der Waals surface area contributed by atoms with Gasteiger partial charge in [0.05, 0.1) is 13.1 Å². The van der Waals surface area contributed by atoms with Gasteiger partial charge in [0.15, 0.2) is 5.82 Å². The minimum atomic E-state index is -0.0566. The van der Waals surface area contributed by atoms with Crippen molar-refractivity contribution in [2.45, 2.75) is 25.9 Å². The average molecular weight is 337 g/mol. The standard InChI is InChI=1S/C13H19N7O2S/c1-9-15-11(18-22-9)6-19(2)10-3-4-20(5-10)7-12(21)16-13-17-14-8-23-13/h8,10H,3-7H2,1-2H3,(H,16,17,21)/t10-/m1/s1. The highest BCUT2D eigenvalue weighted by Crippen LogP contribution is 2.16. The lowest BCUT2D eigenvalue weighted by molar-refractivity contribution is -0.117. The van der Waals surface area contributed by atoms with Gasteiger partial charge >= 0.3 is 0 Å². The van der Waals surface area contributed by atoms with E-state index >= 15 is 0 Å². The maximum atomic E-state index is 12.0. The van der Waals surface area contributed by atoms with Crippen LogP contribution in [0.25, 0.3) is 0 Å². The molecule has 2 aromatic rings. The van der Waals surface area contributed by atoms with Crippen LogP contribution in [0.5, 0.6) is 0 Å². The third-order valence-electron chi connectivity index (χ3n) is 3.80. The molecule has 2 aromatic heterocycles. The van der Waals surface area contributed by atoms with Crippen molar-refractivity contribution in [2.75, 3.05) is 32.0 Å². The zero-order chi connectivity index (χ0) is 16.2. The van der Waals surface area contributed by atoms with Gasteiger partial charge in [-0.15, -0.1) is 10.2 Å². The normalized spacial score (nSPS) is 18.7. The fourth-order valence-corrected chi connectivity index (χ4v) is 3.12. The van der Waals surface area contributed by atoms with Gasteiger partial charge in [0.25, 0.3) is 0 Å². The predicted molar refractivity (Wildman–Crippen MR) is 83.9 cm³/mol. The summed E-state index contributed by atoms with van der Waals surface area (Å²) in [6.45, 7) is 4.53. The molecule has 0 aliphatic carbocycles. The highest BCUT2D eigenvalue weighted by atomic mass is 32.1. The molecule has 0 saturated carbocycles. The average Bonchev–Trinajstić information content (AvgIpc) is 3.22. The van der Waals surface area contributed by atoms with Crippen LogP contribution < -0.4 is 5.32 Å². The second-order valence-corrected chi connectivity index (χ2v) is 6.45. The SMILES string of the molecule is Cc1nc(CN(C)[C@@H]2CCN(CC(=O)Nc3nncs3)C2)no1. The Morgan fingerprint density at radius 2 is 2.48 bits per heavy atom. The summed E-state index contributed by atoms with van der Waals surface area (Å²) >= 11 is 1.31. The third-order valence-corrected chi connectivity index (χ3v) is 4.41. The van der Waals surface area contributed by atoms with Gasteiger partial charge in [-0.1, -0.05) is 16.5 Å². The summed E-state index contributed by atoms with van der Waals surface area (Å²) in [7, 11) is 2.04. The van der Waals surface area contributed by atoms with Crippen molar-refractivity contribution in [3.05, 3.63) is 17.2 Å². The van der Waals surface area contributed by atoms with E-state index in [-0.39, 0.29) is 5.91 Å². The molecule has 1 N–H and O–H groups in total. The van der Waals surface area contributed by atoms with Crippen LogP contribution >= 0.6 is 11.3 Å². The first kappa shape index (κ1) is 16.0. The highest BCUT2D eigenvalue weighted by molar-refractivity contribution is 7.13. The van der Waals surface area contributed by atoms with Crippen LogP contribution in [0.3, 0.4) is 0 Å². The number of carbonyl (C=O) groups is 1. The van der Waals surface area contributed by atoms with E-state index in [0.717, 1.165) is 19.5 Å². The Labute approximate surface area is 137 Å². The fraction of sp³-hybridized carbons (Fsp3) is 0.615. The van der Waals surface area contributed by atoms with Gasteiger partial charge in [-0.2, -0.15) is 4.98 Å². The Morgan fingerprint density at radius 1 is 1.61 bits per heavy atom. The van der Waals surface area contributed by atoms with Gasteiger partial charge in [0.1, 0.15) is 5.51 Å². The highest BCUT2D eigenvalue weighted by Gasteiger charge is 2.27. The number of rotatable bonds is 6. The molecule has 124 valence electrons. The second kappa shape index (κ2) is 7.11. The molecule has 9 nitrogen and oxygen atoms in total. The monoisotopic (exact) mass is 337 g/mol. The topological polar surface area (TPSA) is 100 Å². The summed E-state index contributed by atoms with van der Waals surface area (Å²) in [5, 5.41) is 14.7. The van der Waals surface area contributed by atoms with E-state index in [1.165, 1.54) is 11.3 Å². The van der Waals surface area contributed by atoms with Crippen molar-refractivity contribution in [1.29, 1.82) is 0 Å². The van der Waals surface area contributed by atoms with Crippen molar-refractivity contribution in [3.8, 4) is 0 Å². The van der Waals surface area contributed by atoms with Crippen molar-refractivity contribution in [1.82, 2.24) is 30.1 Å². The van der Waals surface area contributed by atoms with Crippen molar-refractivity contribution in [2.24, 2.45) is 0 Å².